The number of unbranched alkanes of at least 4 members (excludes halogenated alkanes) is 36. The van der Waals surface area contributed by atoms with Gasteiger partial charge < -0.3 is 89.9 Å². The van der Waals surface area contributed by atoms with Crippen LogP contribution >= 0.6 is 0 Å². The number of nitrogens with one attached hydrogen (secondary N) is 1. The highest BCUT2D eigenvalue weighted by Gasteiger charge is 2.53. The zero-order chi connectivity index (χ0) is 65.4. The minimum absolute atomic E-state index is 0.236. The summed E-state index contributed by atoms with van der Waals surface area (Å²) in [7, 11) is 0. The SMILES string of the molecule is CCCCCCCCCCCCCCCCCCC/C=C/CC/C=C/CC/C=C/C(O)C(COC1OC(CO)C(OC2OC(CO)C(OC3OC(CO)C(O)C(O)C3O)C(O)C2O)C(O)C1O)NC(=O)CCCCCCCCCCCCCCCCCCCC. The van der Waals surface area contributed by atoms with E-state index in [0.29, 0.717) is 12.8 Å². The highest BCUT2D eigenvalue weighted by molar-refractivity contribution is 5.76. The molecule has 0 bridgehead atoms. The lowest BCUT2D eigenvalue weighted by molar-refractivity contribution is -0.379. The summed E-state index contributed by atoms with van der Waals surface area (Å²) < 4.78 is 34.3. The van der Waals surface area contributed by atoms with Gasteiger partial charge in [-0.1, -0.05) is 262 Å². The molecule has 0 radical (unpaired) electrons. The fourth-order valence-electron chi connectivity index (χ4n) is 12.3. The summed E-state index contributed by atoms with van der Waals surface area (Å²) in [5.41, 5.74) is 0. The summed E-state index contributed by atoms with van der Waals surface area (Å²) in [5, 5.41) is 121. The van der Waals surface area contributed by atoms with Crippen molar-refractivity contribution in [2.75, 3.05) is 26.4 Å². The molecule has 3 heterocycles. The van der Waals surface area contributed by atoms with Gasteiger partial charge in [-0.15, -0.1) is 0 Å². The number of hydrogen-bond acceptors (Lipinski definition) is 18. The first-order valence-electron chi connectivity index (χ1n) is 36.2. The van der Waals surface area contributed by atoms with Gasteiger partial charge in [-0.3, -0.25) is 4.79 Å². The fraction of sp³-hybridized carbons (Fsp3) is 0.901. The quantitative estimate of drug-likeness (QED) is 0.0199. The summed E-state index contributed by atoms with van der Waals surface area (Å²) in [5.74, 6) is -0.285. The van der Waals surface area contributed by atoms with Gasteiger partial charge in [0.1, 0.15) is 73.2 Å². The van der Waals surface area contributed by atoms with Crippen molar-refractivity contribution in [3.05, 3.63) is 36.5 Å². The highest BCUT2D eigenvalue weighted by atomic mass is 16.8. The summed E-state index contributed by atoms with van der Waals surface area (Å²) in [6.07, 6.45) is 35.6. The Labute approximate surface area is 542 Å². The zero-order valence-corrected chi connectivity index (χ0v) is 55.9. The molecule has 0 aliphatic carbocycles. The molecule has 0 aromatic rings. The number of rotatable bonds is 56. The Kier molecular flexibility index (Phi) is 48.6. The molecular formula is C71H131NO18. The van der Waals surface area contributed by atoms with Crippen molar-refractivity contribution in [1.82, 2.24) is 5.32 Å². The van der Waals surface area contributed by atoms with E-state index in [1.54, 1.807) is 6.08 Å². The van der Waals surface area contributed by atoms with Gasteiger partial charge in [-0.2, -0.15) is 0 Å². The van der Waals surface area contributed by atoms with E-state index in [2.05, 4.69) is 43.5 Å². The van der Waals surface area contributed by atoms with Crippen molar-refractivity contribution < 1.29 is 89.4 Å². The van der Waals surface area contributed by atoms with E-state index in [4.69, 9.17) is 28.4 Å². The third kappa shape index (κ3) is 34.6. The standard InChI is InChI=1S/C71H131NO18/c1-3-5-7-9-11-13-15-17-19-21-23-24-25-26-27-28-29-30-31-32-34-36-38-40-42-44-46-48-55(76)54(72-59(77)49-47-45-43-41-39-37-35-33-22-20-18-16-14-12-10-8-6-4-2)53-85-69-65(83)62(80)67(57(51-74)87-69)90-71-66(84)63(81)68(58(52-75)88-71)89-70-64(82)61(79)60(78)56(50-73)86-70/h31-32,38,40,46,48,54-58,60-71,73-76,78-84H,3-30,33-37,39,41-45,47,49-53H2,1-2H3,(H,72,77)/b32-31+,40-38+,48-46+. The number of ether oxygens (including phenoxy) is 6. The van der Waals surface area contributed by atoms with Crippen LogP contribution in [0.1, 0.15) is 277 Å². The van der Waals surface area contributed by atoms with Gasteiger partial charge >= 0.3 is 0 Å². The molecule has 0 spiro atoms. The second-order valence-corrected chi connectivity index (χ2v) is 26.0. The Morgan fingerprint density at radius 3 is 1.11 bits per heavy atom. The van der Waals surface area contributed by atoms with Gasteiger partial charge in [0.2, 0.25) is 5.91 Å². The second kappa shape index (κ2) is 53.2. The molecule has 17 atom stereocenters. The van der Waals surface area contributed by atoms with E-state index in [1.165, 1.54) is 199 Å². The highest BCUT2D eigenvalue weighted by Crippen LogP contribution is 2.33. The molecule has 0 saturated carbocycles. The average molecular weight is 1290 g/mol. The largest absolute Gasteiger partial charge is 0.394 e. The molecule has 0 aromatic heterocycles. The maximum Gasteiger partial charge on any atom is 0.220 e. The molecule has 3 aliphatic rings. The first kappa shape index (κ1) is 82.2. The molecular weight excluding hydrogens is 1150 g/mol. The van der Waals surface area contributed by atoms with Crippen LogP contribution in [0.2, 0.25) is 0 Å². The molecule has 12 N–H and O–H groups in total. The van der Waals surface area contributed by atoms with Crippen LogP contribution < -0.4 is 5.32 Å². The Morgan fingerprint density at radius 1 is 0.389 bits per heavy atom. The number of hydrogen-bond donors (Lipinski definition) is 12. The van der Waals surface area contributed by atoms with Gasteiger partial charge in [0.25, 0.3) is 0 Å². The first-order valence-corrected chi connectivity index (χ1v) is 36.2. The number of aliphatic hydroxyl groups is 11. The predicted octanol–water partition coefficient (Wildman–Crippen LogP) is 10.00. The van der Waals surface area contributed by atoms with E-state index in [-0.39, 0.29) is 18.9 Å². The molecule has 3 aliphatic heterocycles. The Bertz CT molecular complexity index is 1780. The molecule has 1 amide bonds. The summed E-state index contributed by atoms with van der Waals surface area (Å²) in [6.45, 7) is 1.74. The Morgan fingerprint density at radius 2 is 0.711 bits per heavy atom. The fourth-order valence-corrected chi connectivity index (χ4v) is 12.3. The second-order valence-electron chi connectivity index (χ2n) is 26.0. The minimum atomic E-state index is -1.98. The average Bonchev–Trinajstić information content (AvgIpc) is 1.17. The molecule has 3 rings (SSSR count). The number of allylic oxidation sites excluding steroid dienone is 5. The number of carbonyl (C=O) groups is 1. The molecule has 90 heavy (non-hydrogen) atoms. The third-order valence-corrected chi connectivity index (χ3v) is 18.2. The maximum absolute atomic E-state index is 13.4. The summed E-state index contributed by atoms with van der Waals surface area (Å²) >= 11 is 0. The molecule has 17 unspecified atom stereocenters. The Hall–Kier alpha value is -1.99. The predicted molar refractivity (Wildman–Crippen MR) is 351 cm³/mol. The Balaban J connectivity index is 1.44. The monoisotopic (exact) mass is 1290 g/mol. The van der Waals surface area contributed by atoms with Crippen LogP contribution in [-0.2, 0) is 33.2 Å². The topological polar surface area (TPSA) is 307 Å². The number of carbonyl (C=O) groups excluding carboxylic acids is 1. The third-order valence-electron chi connectivity index (χ3n) is 18.2. The number of aliphatic hydroxyl groups excluding tert-OH is 11. The maximum atomic E-state index is 13.4. The van der Waals surface area contributed by atoms with Crippen LogP contribution in [0.3, 0.4) is 0 Å². The van der Waals surface area contributed by atoms with E-state index < -0.39 is 124 Å². The van der Waals surface area contributed by atoms with Crippen LogP contribution in [0.4, 0.5) is 0 Å². The first-order chi connectivity index (χ1) is 43.8. The van der Waals surface area contributed by atoms with Gasteiger partial charge in [-0.05, 0) is 44.9 Å². The smallest absolute Gasteiger partial charge is 0.220 e. The normalized spacial score (nSPS) is 28.2. The van der Waals surface area contributed by atoms with Crippen molar-refractivity contribution in [3.63, 3.8) is 0 Å². The van der Waals surface area contributed by atoms with Gasteiger partial charge in [0.05, 0.1) is 38.6 Å². The van der Waals surface area contributed by atoms with E-state index in [0.717, 1.165) is 44.9 Å². The van der Waals surface area contributed by atoms with Gasteiger partial charge in [0.15, 0.2) is 18.9 Å². The van der Waals surface area contributed by atoms with Crippen LogP contribution in [0.25, 0.3) is 0 Å². The molecule has 3 saturated heterocycles. The van der Waals surface area contributed by atoms with E-state index >= 15 is 0 Å². The van der Waals surface area contributed by atoms with Crippen LogP contribution in [0.5, 0.6) is 0 Å². The van der Waals surface area contributed by atoms with Gasteiger partial charge in [0, 0.05) is 6.42 Å². The van der Waals surface area contributed by atoms with Gasteiger partial charge in [-0.25, -0.2) is 0 Å². The molecule has 528 valence electrons. The van der Waals surface area contributed by atoms with Crippen molar-refractivity contribution >= 4 is 5.91 Å². The van der Waals surface area contributed by atoms with Crippen LogP contribution in [0.15, 0.2) is 36.5 Å². The minimum Gasteiger partial charge on any atom is -0.394 e. The lowest BCUT2D eigenvalue weighted by Gasteiger charge is -2.48. The zero-order valence-electron chi connectivity index (χ0n) is 55.9. The number of amides is 1. The summed E-state index contributed by atoms with van der Waals surface area (Å²) in [6, 6.07) is -0.994. The molecule has 19 nitrogen and oxygen atoms in total. The molecule has 3 fully saturated rings. The lowest BCUT2D eigenvalue weighted by Crippen LogP contribution is -2.66. The van der Waals surface area contributed by atoms with Crippen molar-refractivity contribution in [1.29, 1.82) is 0 Å². The van der Waals surface area contributed by atoms with Crippen LogP contribution in [-0.4, -0.2) is 193 Å². The van der Waals surface area contributed by atoms with Crippen LogP contribution in [0, 0.1) is 0 Å². The summed E-state index contributed by atoms with van der Waals surface area (Å²) in [4.78, 5) is 13.4. The van der Waals surface area contributed by atoms with Crippen molar-refractivity contribution in [3.8, 4) is 0 Å². The lowest BCUT2D eigenvalue weighted by atomic mass is 9.96. The van der Waals surface area contributed by atoms with Crippen molar-refractivity contribution in [2.45, 2.75) is 381 Å². The van der Waals surface area contributed by atoms with E-state index in [1.807, 2.05) is 6.08 Å². The van der Waals surface area contributed by atoms with Crippen molar-refractivity contribution in [2.24, 2.45) is 0 Å². The van der Waals surface area contributed by atoms with E-state index in [9.17, 15) is 61.0 Å². The molecule has 0 aromatic carbocycles. The molecule has 19 heteroatoms.